The number of aryl methyl sites for hydroxylation is 1. The van der Waals surface area contributed by atoms with Gasteiger partial charge in [-0.05, 0) is 59.9 Å². The Hall–Kier alpha value is -4.34. The van der Waals surface area contributed by atoms with Gasteiger partial charge in [-0.2, -0.15) is 0 Å². The summed E-state index contributed by atoms with van der Waals surface area (Å²) in [7, 11) is 0. The minimum Gasteiger partial charge on any atom is -0.314 e. The van der Waals surface area contributed by atoms with E-state index in [-0.39, 0.29) is 11.7 Å². The summed E-state index contributed by atoms with van der Waals surface area (Å²) in [5.74, 6) is 1.25. The molecule has 0 saturated heterocycles. The lowest BCUT2D eigenvalue weighted by Gasteiger charge is -2.12. The van der Waals surface area contributed by atoms with Crippen molar-refractivity contribution in [3.05, 3.63) is 83.1 Å². The minimum absolute atomic E-state index is 0.0998. The molecule has 0 aliphatic heterocycles. The first-order valence-electron chi connectivity index (χ1n) is 12.2. The summed E-state index contributed by atoms with van der Waals surface area (Å²) >= 11 is 0. The van der Waals surface area contributed by atoms with Crippen molar-refractivity contribution in [3.8, 4) is 28.5 Å². The molecule has 0 aliphatic carbocycles. The number of benzene rings is 1. The lowest BCUT2D eigenvalue weighted by atomic mass is 10.00. The van der Waals surface area contributed by atoms with Gasteiger partial charge >= 0.3 is 5.69 Å². The summed E-state index contributed by atoms with van der Waals surface area (Å²) in [4.78, 5) is 22.5. The molecule has 4 heterocycles. The Balaban J connectivity index is 1.53. The van der Waals surface area contributed by atoms with Gasteiger partial charge in [-0.1, -0.05) is 37.6 Å². The third-order valence-corrected chi connectivity index (χ3v) is 6.32. The summed E-state index contributed by atoms with van der Waals surface area (Å²) in [5, 5.41) is 14.0. The van der Waals surface area contributed by atoms with Crippen LogP contribution < -0.4 is 5.69 Å². The Morgan fingerprint density at radius 3 is 2.58 bits per heavy atom. The Morgan fingerprint density at radius 1 is 1.06 bits per heavy atom. The van der Waals surface area contributed by atoms with Crippen molar-refractivity contribution in [1.29, 1.82) is 0 Å². The molecule has 0 amide bonds. The van der Waals surface area contributed by atoms with Gasteiger partial charge < -0.3 is 4.57 Å². The minimum atomic E-state index is -0.0998. The predicted octanol–water partition coefficient (Wildman–Crippen LogP) is 4.05. The highest BCUT2D eigenvalue weighted by Crippen LogP contribution is 2.26. The SMILES string of the molecule is CCCCc1cn(-c2nccn2C(C)C)c(=O)n1Cc1cnccc1-c1ccc(-c2nnn[nH]2)cc1. The zero-order valence-corrected chi connectivity index (χ0v) is 20.7. The van der Waals surface area contributed by atoms with Gasteiger partial charge in [0.2, 0.25) is 5.95 Å². The molecule has 1 N–H and O–H groups in total. The second-order valence-electron chi connectivity index (χ2n) is 9.05. The second kappa shape index (κ2) is 10.1. The number of hydrogen-bond acceptors (Lipinski definition) is 6. The summed E-state index contributed by atoms with van der Waals surface area (Å²) in [6, 6.07) is 10.2. The first kappa shape index (κ1) is 23.4. The first-order chi connectivity index (χ1) is 17.6. The second-order valence-corrected chi connectivity index (χ2v) is 9.05. The molecule has 0 atom stereocenters. The summed E-state index contributed by atoms with van der Waals surface area (Å²) in [6.07, 6.45) is 12.1. The molecule has 10 nitrogen and oxygen atoms in total. The zero-order chi connectivity index (χ0) is 25.1. The van der Waals surface area contributed by atoms with Crippen LogP contribution in [0.25, 0.3) is 28.5 Å². The van der Waals surface area contributed by atoms with Crippen LogP contribution >= 0.6 is 0 Å². The molecule has 0 spiro atoms. The number of imidazole rings is 2. The van der Waals surface area contributed by atoms with Crippen LogP contribution in [0.4, 0.5) is 0 Å². The predicted molar refractivity (Wildman–Crippen MR) is 137 cm³/mol. The summed E-state index contributed by atoms with van der Waals surface area (Å²) in [6.45, 7) is 6.74. The van der Waals surface area contributed by atoms with Crippen molar-refractivity contribution >= 4 is 0 Å². The van der Waals surface area contributed by atoms with E-state index in [2.05, 4.69) is 51.4 Å². The fourth-order valence-corrected chi connectivity index (χ4v) is 4.39. The molecule has 5 aromatic rings. The Labute approximate surface area is 208 Å². The number of rotatable bonds is 9. The fourth-order valence-electron chi connectivity index (χ4n) is 4.39. The molecule has 0 saturated carbocycles. The lowest BCUT2D eigenvalue weighted by molar-refractivity contribution is 0.577. The highest BCUT2D eigenvalue weighted by molar-refractivity contribution is 5.69. The fraction of sp³-hybridized carbons (Fsp3) is 0.308. The molecule has 10 heteroatoms. The number of aromatic nitrogens is 9. The lowest BCUT2D eigenvalue weighted by Crippen LogP contribution is -2.27. The van der Waals surface area contributed by atoms with E-state index < -0.39 is 0 Å². The Kier molecular flexibility index (Phi) is 6.57. The Bertz CT molecular complexity index is 1490. The van der Waals surface area contributed by atoms with Gasteiger partial charge in [0.15, 0.2) is 5.82 Å². The molecule has 0 bridgehead atoms. The standard InChI is InChI=1S/C26H29N9O/c1-4-5-6-22-17-35(25-28-13-14-33(25)18(2)3)26(36)34(22)16-21-15-27-12-11-23(21)19-7-9-20(10-8-19)24-29-31-32-30-24/h7-15,17-18H,4-6,16H2,1-3H3,(H,29,30,31,32). The number of tetrazole rings is 1. The van der Waals surface area contributed by atoms with Crippen LogP contribution in [0.2, 0.25) is 0 Å². The van der Waals surface area contributed by atoms with Gasteiger partial charge in [0.25, 0.3) is 0 Å². The third-order valence-electron chi connectivity index (χ3n) is 6.32. The molecular weight excluding hydrogens is 454 g/mol. The molecular formula is C26H29N9O. The van der Waals surface area contributed by atoms with Crippen LogP contribution in [-0.4, -0.2) is 44.3 Å². The van der Waals surface area contributed by atoms with E-state index in [0.717, 1.165) is 47.2 Å². The molecule has 1 aromatic carbocycles. The van der Waals surface area contributed by atoms with Crippen LogP contribution in [0, 0.1) is 0 Å². The van der Waals surface area contributed by atoms with Gasteiger partial charge in [0, 0.05) is 48.3 Å². The average molecular weight is 484 g/mol. The van der Waals surface area contributed by atoms with Crippen LogP contribution in [-0.2, 0) is 13.0 Å². The highest BCUT2D eigenvalue weighted by atomic mass is 16.1. The molecule has 0 radical (unpaired) electrons. The molecule has 0 unspecified atom stereocenters. The van der Waals surface area contributed by atoms with Crippen LogP contribution in [0.3, 0.4) is 0 Å². The van der Waals surface area contributed by atoms with Crippen LogP contribution in [0.15, 0.2) is 66.1 Å². The molecule has 36 heavy (non-hydrogen) atoms. The van der Waals surface area contributed by atoms with Gasteiger partial charge in [0.05, 0.1) is 6.54 Å². The average Bonchev–Trinajstić information content (AvgIpc) is 3.65. The molecule has 5 rings (SSSR count). The topological polar surface area (TPSA) is 112 Å². The number of pyridine rings is 1. The quantitative estimate of drug-likeness (QED) is 0.338. The van der Waals surface area contributed by atoms with E-state index in [9.17, 15) is 4.79 Å². The summed E-state index contributed by atoms with van der Waals surface area (Å²) < 4.78 is 5.53. The van der Waals surface area contributed by atoms with Crippen molar-refractivity contribution < 1.29 is 0 Å². The number of aromatic amines is 1. The number of nitrogens with zero attached hydrogens (tertiary/aromatic N) is 8. The maximum atomic E-state index is 13.7. The van der Waals surface area contributed by atoms with Gasteiger partial charge in [-0.25, -0.2) is 19.4 Å². The third kappa shape index (κ3) is 4.49. The number of unbranched alkanes of at least 4 members (excludes halogenated alkanes) is 1. The van der Waals surface area contributed by atoms with Crippen LogP contribution in [0.1, 0.15) is 50.9 Å². The Morgan fingerprint density at radius 2 is 1.86 bits per heavy atom. The van der Waals surface area contributed by atoms with E-state index in [0.29, 0.717) is 18.3 Å². The maximum Gasteiger partial charge on any atom is 0.335 e. The van der Waals surface area contributed by atoms with E-state index in [1.54, 1.807) is 17.0 Å². The monoisotopic (exact) mass is 483 g/mol. The van der Waals surface area contributed by atoms with Gasteiger partial charge in [-0.3, -0.25) is 9.55 Å². The maximum absolute atomic E-state index is 13.7. The van der Waals surface area contributed by atoms with Crippen molar-refractivity contribution in [2.75, 3.05) is 0 Å². The van der Waals surface area contributed by atoms with E-state index in [1.165, 1.54) is 0 Å². The molecule has 0 fully saturated rings. The van der Waals surface area contributed by atoms with Crippen molar-refractivity contribution in [1.82, 2.24) is 44.3 Å². The van der Waals surface area contributed by atoms with E-state index >= 15 is 0 Å². The number of hydrogen-bond donors (Lipinski definition) is 1. The zero-order valence-electron chi connectivity index (χ0n) is 20.7. The normalized spacial score (nSPS) is 11.4. The first-order valence-corrected chi connectivity index (χ1v) is 12.2. The van der Waals surface area contributed by atoms with E-state index in [4.69, 9.17) is 0 Å². The molecule has 0 aliphatic rings. The van der Waals surface area contributed by atoms with Crippen molar-refractivity contribution in [2.45, 2.75) is 52.6 Å². The summed E-state index contributed by atoms with van der Waals surface area (Å²) in [5.41, 5.74) is 4.81. The number of H-pyrrole nitrogens is 1. The number of nitrogens with one attached hydrogen (secondary N) is 1. The highest BCUT2D eigenvalue weighted by Gasteiger charge is 2.18. The smallest absolute Gasteiger partial charge is 0.314 e. The van der Waals surface area contributed by atoms with Gasteiger partial charge in [0.1, 0.15) is 0 Å². The van der Waals surface area contributed by atoms with Crippen molar-refractivity contribution in [3.63, 3.8) is 0 Å². The molecule has 4 aromatic heterocycles. The largest absolute Gasteiger partial charge is 0.335 e. The molecule has 184 valence electrons. The van der Waals surface area contributed by atoms with Crippen LogP contribution in [0.5, 0.6) is 0 Å². The van der Waals surface area contributed by atoms with Crippen molar-refractivity contribution in [2.24, 2.45) is 0 Å². The van der Waals surface area contributed by atoms with Gasteiger partial charge in [-0.15, -0.1) is 5.10 Å². The van der Waals surface area contributed by atoms with E-state index in [1.807, 2.05) is 58.1 Å².